The molecule has 1 unspecified atom stereocenters. The van der Waals surface area contributed by atoms with Crippen LogP contribution in [-0.4, -0.2) is 28.0 Å². The molecular formula is C11H12INO3S. The third kappa shape index (κ3) is 4.95. The molecule has 0 saturated carbocycles. The van der Waals surface area contributed by atoms with Gasteiger partial charge in [0, 0.05) is 3.57 Å². The van der Waals surface area contributed by atoms with Crippen molar-refractivity contribution in [3.05, 3.63) is 27.8 Å². The molecule has 0 radical (unpaired) electrons. The Morgan fingerprint density at radius 3 is 2.71 bits per heavy atom. The first-order valence-electron chi connectivity index (χ1n) is 4.89. The Hall–Kier alpha value is -0.760. The molecule has 0 heterocycles. The zero-order chi connectivity index (χ0) is 12.8. The summed E-state index contributed by atoms with van der Waals surface area (Å²) in [5.41, 5.74) is 0.752. The predicted octanol–water partition coefficient (Wildman–Crippen LogP) is 2.44. The smallest absolute Gasteiger partial charge is 0.316 e. The lowest BCUT2D eigenvalue weighted by Crippen LogP contribution is -2.19. The van der Waals surface area contributed by atoms with E-state index in [-0.39, 0.29) is 11.7 Å². The van der Waals surface area contributed by atoms with Gasteiger partial charge in [0.05, 0.1) is 16.7 Å². The van der Waals surface area contributed by atoms with Crippen LogP contribution >= 0.6 is 34.4 Å². The van der Waals surface area contributed by atoms with E-state index in [4.69, 9.17) is 5.11 Å². The average Bonchev–Trinajstić information content (AvgIpc) is 2.29. The number of thioether (sulfide) groups is 1. The molecule has 92 valence electrons. The minimum atomic E-state index is -0.905. The highest BCUT2D eigenvalue weighted by molar-refractivity contribution is 14.1. The third-order valence-electron chi connectivity index (χ3n) is 1.96. The van der Waals surface area contributed by atoms with Crippen LogP contribution in [0.15, 0.2) is 24.3 Å². The van der Waals surface area contributed by atoms with Crippen molar-refractivity contribution < 1.29 is 14.7 Å². The van der Waals surface area contributed by atoms with Gasteiger partial charge in [0.15, 0.2) is 0 Å². The maximum absolute atomic E-state index is 11.6. The molecule has 4 nitrogen and oxygen atoms in total. The summed E-state index contributed by atoms with van der Waals surface area (Å²) >= 11 is 3.23. The molecule has 2 N–H and O–H groups in total. The van der Waals surface area contributed by atoms with Crippen LogP contribution in [0.1, 0.15) is 6.92 Å². The maximum Gasteiger partial charge on any atom is 0.316 e. The van der Waals surface area contributed by atoms with Gasteiger partial charge in [0.2, 0.25) is 5.91 Å². The van der Waals surface area contributed by atoms with Gasteiger partial charge in [-0.2, -0.15) is 0 Å². The Balaban J connectivity index is 2.46. The number of carbonyl (C=O) groups excluding carboxylic acids is 1. The van der Waals surface area contributed by atoms with E-state index in [1.54, 1.807) is 6.92 Å². The fourth-order valence-electron chi connectivity index (χ4n) is 1.02. The number of hydrogen-bond donors (Lipinski definition) is 2. The zero-order valence-corrected chi connectivity index (χ0v) is 12.1. The first kappa shape index (κ1) is 14.3. The zero-order valence-electron chi connectivity index (χ0n) is 9.14. The SMILES string of the molecule is CC(SCC(=O)Nc1ccccc1I)C(=O)O. The Kier molecular flexibility index (Phi) is 5.76. The molecule has 0 aliphatic carbocycles. The average molecular weight is 365 g/mol. The maximum atomic E-state index is 11.6. The number of carboxylic acids is 1. The van der Waals surface area contributed by atoms with Gasteiger partial charge in [-0.3, -0.25) is 9.59 Å². The van der Waals surface area contributed by atoms with E-state index in [0.717, 1.165) is 21.0 Å². The van der Waals surface area contributed by atoms with Crippen molar-refractivity contribution in [3.63, 3.8) is 0 Å². The van der Waals surface area contributed by atoms with Crippen molar-refractivity contribution in [1.29, 1.82) is 0 Å². The minimum absolute atomic E-state index is 0.137. The highest BCUT2D eigenvalue weighted by Crippen LogP contribution is 2.18. The van der Waals surface area contributed by atoms with Crippen molar-refractivity contribution in [3.8, 4) is 0 Å². The van der Waals surface area contributed by atoms with Crippen LogP contribution in [0.2, 0.25) is 0 Å². The van der Waals surface area contributed by atoms with Crippen LogP contribution in [-0.2, 0) is 9.59 Å². The number of carboxylic acid groups (broad SMARTS) is 1. The van der Waals surface area contributed by atoms with E-state index in [2.05, 4.69) is 27.9 Å². The number of halogens is 1. The minimum Gasteiger partial charge on any atom is -0.480 e. The number of carbonyl (C=O) groups is 2. The summed E-state index contributed by atoms with van der Waals surface area (Å²) in [4.78, 5) is 22.1. The molecule has 1 aromatic rings. The number of rotatable bonds is 5. The first-order valence-corrected chi connectivity index (χ1v) is 7.02. The Morgan fingerprint density at radius 2 is 2.12 bits per heavy atom. The van der Waals surface area contributed by atoms with Gasteiger partial charge < -0.3 is 10.4 Å². The van der Waals surface area contributed by atoms with E-state index in [0.29, 0.717) is 0 Å². The molecular weight excluding hydrogens is 353 g/mol. The summed E-state index contributed by atoms with van der Waals surface area (Å²) in [5.74, 6) is -0.956. The third-order valence-corrected chi connectivity index (χ3v) is 4.03. The monoisotopic (exact) mass is 365 g/mol. The summed E-state index contributed by atoms with van der Waals surface area (Å²) in [6.07, 6.45) is 0. The quantitative estimate of drug-likeness (QED) is 0.787. The number of hydrogen-bond acceptors (Lipinski definition) is 3. The van der Waals surface area contributed by atoms with Crippen molar-refractivity contribution in [2.75, 3.05) is 11.1 Å². The van der Waals surface area contributed by atoms with Crippen LogP contribution < -0.4 is 5.32 Å². The van der Waals surface area contributed by atoms with E-state index < -0.39 is 11.2 Å². The van der Waals surface area contributed by atoms with Crippen LogP contribution in [0, 0.1) is 3.57 Å². The molecule has 1 rings (SSSR count). The van der Waals surface area contributed by atoms with E-state index in [1.165, 1.54) is 0 Å². The Labute approximate surface area is 117 Å². The second-order valence-electron chi connectivity index (χ2n) is 3.32. The molecule has 0 bridgehead atoms. The number of anilines is 1. The van der Waals surface area contributed by atoms with Crippen LogP contribution in [0.4, 0.5) is 5.69 Å². The molecule has 17 heavy (non-hydrogen) atoms. The molecule has 1 aromatic carbocycles. The van der Waals surface area contributed by atoms with Crippen LogP contribution in [0.5, 0.6) is 0 Å². The summed E-state index contributed by atoms with van der Waals surface area (Å²) in [5, 5.41) is 10.8. The largest absolute Gasteiger partial charge is 0.480 e. The van der Waals surface area contributed by atoms with E-state index in [1.807, 2.05) is 24.3 Å². The molecule has 0 aliphatic heterocycles. The fourth-order valence-corrected chi connectivity index (χ4v) is 2.16. The van der Waals surface area contributed by atoms with Crippen molar-refractivity contribution >= 4 is 51.9 Å². The fraction of sp³-hybridized carbons (Fsp3) is 0.273. The summed E-state index contributed by atoms with van der Waals surface area (Å²) in [6, 6.07) is 7.43. The van der Waals surface area contributed by atoms with E-state index in [9.17, 15) is 9.59 Å². The van der Waals surface area contributed by atoms with Crippen molar-refractivity contribution in [2.24, 2.45) is 0 Å². The first-order chi connectivity index (χ1) is 8.00. The number of amides is 1. The molecule has 1 atom stereocenters. The van der Waals surface area contributed by atoms with Crippen LogP contribution in [0.3, 0.4) is 0 Å². The molecule has 1 amide bonds. The van der Waals surface area contributed by atoms with Gasteiger partial charge in [0.25, 0.3) is 0 Å². The van der Waals surface area contributed by atoms with Gasteiger partial charge in [-0.1, -0.05) is 12.1 Å². The molecule has 0 spiro atoms. The van der Waals surface area contributed by atoms with Gasteiger partial charge in [0.1, 0.15) is 0 Å². The lowest BCUT2D eigenvalue weighted by atomic mass is 10.3. The summed E-state index contributed by atoms with van der Waals surface area (Å²) in [7, 11) is 0. The Morgan fingerprint density at radius 1 is 1.47 bits per heavy atom. The molecule has 0 fully saturated rings. The standard InChI is InChI=1S/C11H12INO3S/c1-7(11(15)16)17-6-10(14)13-9-5-3-2-4-8(9)12/h2-5,7H,6H2,1H3,(H,13,14)(H,15,16). The van der Waals surface area contributed by atoms with Gasteiger partial charge in [-0.05, 0) is 41.6 Å². The number of benzene rings is 1. The molecule has 0 aliphatic rings. The van der Waals surface area contributed by atoms with Crippen molar-refractivity contribution in [2.45, 2.75) is 12.2 Å². The number of para-hydroxylation sites is 1. The van der Waals surface area contributed by atoms with Crippen LogP contribution in [0.25, 0.3) is 0 Å². The lowest BCUT2D eigenvalue weighted by Gasteiger charge is -2.08. The second kappa shape index (κ2) is 6.85. The van der Waals surface area contributed by atoms with Gasteiger partial charge in [-0.15, -0.1) is 11.8 Å². The number of aliphatic carboxylic acids is 1. The highest BCUT2D eigenvalue weighted by Gasteiger charge is 2.13. The van der Waals surface area contributed by atoms with Gasteiger partial charge in [-0.25, -0.2) is 0 Å². The van der Waals surface area contributed by atoms with Crippen molar-refractivity contribution in [1.82, 2.24) is 0 Å². The van der Waals surface area contributed by atoms with Gasteiger partial charge >= 0.3 is 5.97 Å². The molecule has 0 aromatic heterocycles. The summed E-state index contributed by atoms with van der Waals surface area (Å²) < 4.78 is 0.953. The second-order valence-corrected chi connectivity index (χ2v) is 5.81. The highest BCUT2D eigenvalue weighted by atomic mass is 127. The topological polar surface area (TPSA) is 66.4 Å². The molecule has 6 heteroatoms. The lowest BCUT2D eigenvalue weighted by molar-refractivity contribution is -0.136. The van der Waals surface area contributed by atoms with E-state index >= 15 is 0 Å². The molecule has 0 saturated heterocycles. The summed E-state index contributed by atoms with van der Waals surface area (Å²) in [6.45, 7) is 1.56. The number of nitrogens with one attached hydrogen (secondary N) is 1. The normalized spacial score (nSPS) is 11.9. The predicted molar refractivity (Wildman–Crippen MR) is 77.3 cm³/mol. The Bertz CT molecular complexity index is 425.